The van der Waals surface area contributed by atoms with Crippen LogP contribution in [0.1, 0.15) is 59.3 Å². The largest absolute Gasteiger partial charge is 0.481 e. The van der Waals surface area contributed by atoms with E-state index in [1.807, 2.05) is 34.6 Å². The average molecular weight is 284 g/mol. The smallest absolute Gasteiger partial charge is 0.305 e. The van der Waals surface area contributed by atoms with Crippen molar-refractivity contribution in [2.45, 2.75) is 59.1 Å². The minimum absolute atomic E-state index is 0.0367. The lowest BCUT2D eigenvalue weighted by molar-refractivity contribution is -0.139. The van der Waals surface area contributed by atoms with Crippen LogP contribution in [-0.2, 0) is 15.1 Å². The molecule has 0 saturated carbocycles. The zero-order valence-electron chi connectivity index (χ0n) is 13.0. The molecule has 1 aromatic heterocycles. The van der Waals surface area contributed by atoms with Gasteiger partial charge >= 0.3 is 5.97 Å². The summed E-state index contributed by atoms with van der Waals surface area (Å²) in [6.07, 6.45) is 0.652. The number of methoxy groups -OCH3 is 1. The molecule has 0 aliphatic carbocycles. The summed E-state index contributed by atoms with van der Waals surface area (Å²) in [6, 6.07) is -0.342. The molecule has 1 aromatic rings. The van der Waals surface area contributed by atoms with E-state index in [0.717, 1.165) is 0 Å². The molecular formula is C13H24N4O3. The highest BCUT2D eigenvalue weighted by atomic mass is 16.5. The summed E-state index contributed by atoms with van der Waals surface area (Å²) in [6.45, 7) is 9.80. The topological polar surface area (TPSA) is 90.1 Å². The standard InChI is InChI=1S/C13H24N4O3/c1-7-13(5,20-6)11-14-15-16-17(11)9(8-10(18)19)12(2,3)4/h9H,7-8H2,1-6H3,(H,18,19). The Morgan fingerprint density at radius 3 is 2.40 bits per heavy atom. The number of aromatic nitrogens is 4. The van der Waals surface area contributed by atoms with Crippen LogP contribution in [0.25, 0.3) is 0 Å². The van der Waals surface area contributed by atoms with E-state index in [0.29, 0.717) is 12.2 Å². The first kappa shape index (κ1) is 16.6. The van der Waals surface area contributed by atoms with E-state index in [1.165, 1.54) is 0 Å². The molecule has 7 heteroatoms. The number of nitrogens with zero attached hydrogens (tertiary/aromatic N) is 4. The minimum Gasteiger partial charge on any atom is -0.481 e. The van der Waals surface area contributed by atoms with E-state index >= 15 is 0 Å². The number of hydrogen-bond acceptors (Lipinski definition) is 5. The van der Waals surface area contributed by atoms with E-state index in [-0.39, 0.29) is 17.9 Å². The van der Waals surface area contributed by atoms with E-state index < -0.39 is 11.6 Å². The van der Waals surface area contributed by atoms with Gasteiger partial charge in [0.2, 0.25) is 0 Å². The summed E-state index contributed by atoms with van der Waals surface area (Å²) >= 11 is 0. The van der Waals surface area contributed by atoms with Crippen molar-refractivity contribution in [3.05, 3.63) is 5.82 Å². The number of carbonyl (C=O) groups is 1. The van der Waals surface area contributed by atoms with Gasteiger partial charge in [-0.2, -0.15) is 0 Å². The molecule has 0 fully saturated rings. The fourth-order valence-electron chi connectivity index (χ4n) is 2.07. The minimum atomic E-state index is -0.873. The van der Waals surface area contributed by atoms with Crippen molar-refractivity contribution in [2.24, 2.45) is 5.41 Å². The maximum atomic E-state index is 11.1. The first-order chi connectivity index (χ1) is 9.15. The Balaban J connectivity index is 3.30. The Bertz CT molecular complexity index is 460. The summed E-state index contributed by atoms with van der Waals surface area (Å²) in [4.78, 5) is 11.1. The zero-order valence-corrected chi connectivity index (χ0v) is 13.0. The van der Waals surface area contributed by atoms with Crippen molar-refractivity contribution in [1.82, 2.24) is 20.2 Å². The van der Waals surface area contributed by atoms with Gasteiger partial charge in [0.25, 0.3) is 0 Å². The number of ether oxygens (including phenoxy) is 1. The van der Waals surface area contributed by atoms with Crippen molar-refractivity contribution in [3.8, 4) is 0 Å². The van der Waals surface area contributed by atoms with Crippen LogP contribution in [0.2, 0.25) is 0 Å². The van der Waals surface area contributed by atoms with Gasteiger partial charge in [0.05, 0.1) is 12.5 Å². The quantitative estimate of drug-likeness (QED) is 0.859. The number of aliphatic carboxylic acids is 1. The van der Waals surface area contributed by atoms with Gasteiger partial charge < -0.3 is 9.84 Å². The lowest BCUT2D eigenvalue weighted by atomic mass is 9.84. The summed E-state index contributed by atoms with van der Waals surface area (Å²) in [5.74, 6) is -0.314. The van der Waals surface area contributed by atoms with Crippen molar-refractivity contribution >= 4 is 5.97 Å². The van der Waals surface area contributed by atoms with Gasteiger partial charge in [0, 0.05) is 7.11 Å². The van der Waals surface area contributed by atoms with Crippen LogP contribution in [0, 0.1) is 5.41 Å². The molecule has 0 saturated heterocycles. The van der Waals surface area contributed by atoms with Crippen molar-refractivity contribution in [3.63, 3.8) is 0 Å². The summed E-state index contributed by atoms with van der Waals surface area (Å²) in [5, 5.41) is 20.9. The predicted octanol–water partition coefficient (Wildman–Crippen LogP) is 2.01. The van der Waals surface area contributed by atoms with E-state index in [1.54, 1.807) is 11.8 Å². The summed E-state index contributed by atoms with van der Waals surface area (Å²) < 4.78 is 7.13. The Morgan fingerprint density at radius 2 is 2.00 bits per heavy atom. The van der Waals surface area contributed by atoms with Gasteiger partial charge in [-0.25, -0.2) is 4.68 Å². The van der Waals surface area contributed by atoms with Gasteiger partial charge in [-0.05, 0) is 29.2 Å². The number of tetrazole rings is 1. The first-order valence-electron chi connectivity index (χ1n) is 6.71. The van der Waals surface area contributed by atoms with Crippen LogP contribution in [0.3, 0.4) is 0 Å². The molecule has 0 radical (unpaired) electrons. The van der Waals surface area contributed by atoms with Gasteiger partial charge in [-0.3, -0.25) is 4.79 Å². The van der Waals surface area contributed by atoms with Gasteiger partial charge in [-0.15, -0.1) is 5.10 Å². The number of rotatable bonds is 6. The molecule has 7 nitrogen and oxygen atoms in total. The normalized spacial score (nSPS) is 16.7. The second-order valence-electron chi connectivity index (χ2n) is 6.22. The highest BCUT2D eigenvalue weighted by Crippen LogP contribution is 2.36. The fraction of sp³-hybridized carbons (Fsp3) is 0.846. The van der Waals surface area contributed by atoms with Crippen LogP contribution in [0.5, 0.6) is 0 Å². The predicted molar refractivity (Wildman–Crippen MR) is 73.2 cm³/mol. The van der Waals surface area contributed by atoms with Gasteiger partial charge in [0.15, 0.2) is 5.82 Å². The second-order valence-corrected chi connectivity index (χ2v) is 6.22. The van der Waals surface area contributed by atoms with Gasteiger partial charge in [-0.1, -0.05) is 27.7 Å². The molecule has 1 heterocycles. The van der Waals surface area contributed by atoms with Crippen molar-refractivity contribution in [2.75, 3.05) is 7.11 Å². The molecule has 1 N–H and O–H groups in total. The monoisotopic (exact) mass is 284 g/mol. The molecule has 2 unspecified atom stereocenters. The van der Waals surface area contributed by atoms with Gasteiger partial charge in [0.1, 0.15) is 5.60 Å². The molecule has 114 valence electrons. The van der Waals surface area contributed by atoms with E-state index in [9.17, 15) is 4.79 Å². The Kier molecular flexibility index (Phi) is 4.86. The SMILES string of the molecule is CCC(C)(OC)c1nnnn1C(CC(=O)O)C(C)(C)C. The highest BCUT2D eigenvalue weighted by molar-refractivity contribution is 5.67. The molecule has 0 amide bonds. The third kappa shape index (κ3) is 3.33. The molecule has 0 spiro atoms. The third-order valence-electron chi connectivity index (χ3n) is 3.75. The zero-order chi connectivity index (χ0) is 15.6. The highest BCUT2D eigenvalue weighted by Gasteiger charge is 2.37. The molecule has 2 atom stereocenters. The summed E-state index contributed by atoms with van der Waals surface area (Å²) in [5.41, 5.74) is -0.920. The fourth-order valence-corrected chi connectivity index (χ4v) is 2.07. The molecule has 0 aliphatic heterocycles. The van der Waals surface area contributed by atoms with Crippen LogP contribution in [0.15, 0.2) is 0 Å². The van der Waals surface area contributed by atoms with E-state index in [2.05, 4.69) is 15.5 Å². The maximum Gasteiger partial charge on any atom is 0.305 e. The first-order valence-corrected chi connectivity index (χ1v) is 6.71. The Hall–Kier alpha value is -1.50. The molecule has 1 rings (SSSR count). The van der Waals surface area contributed by atoms with E-state index in [4.69, 9.17) is 9.84 Å². The average Bonchev–Trinajstić information content (AvgIpc) is 2.82. The lowest BCUT2D eigenvalue weighted by Crippen LogP contribution is -2.35. The Morgan fingerprint density at radius 1 is 1.40 bits per heavy atom. The molecule has 0 aromatic carbocycles. The third-order valence-corrected chi connectivity index (χ3v) is 3.75. The Labute approximate surface area is 119 Å². The van der Waals surface area contributed by atoms with Crippen molar-refractivity contribution < 1.29 is 14.6 Å². The molecule has 0 aliphatic rings. The van der Waals surface area contributed by atoms with Crippen LogP contribution in [0.4, 0.5) is 0 Å². The number of carboxylic acids is 1. The number of hydrogen-bond donors (Lipinski definition) is 1. The maximum absolute atomic E-state index is 11.1. The number of carboxylic acid groups (broad SMARTS) is 1. The van der Waals surface area contributed by atoms with Crippen molar-refractivity contribution in [1.29, 1.82) is 0 Å². The molecule has 0 bridgehead atoms. The molecule has 20 heavy (non-hydrogen) atoms. The van der Waals surface area contributed by atoms with Crippen LogP contribution in [-0.4, -0.2) is 38.4 Å². The van der Waals surface area contributed by atoms with Crippen LogP contribution < -0.4 is 0 Å². The summed E-state index contributed by atoms with van der Waals surface area (Å²) in [7, 11) is 1.60. The van der Waals surface area contributed by atoms with Crippen LogP contribution >= 0.6 is 0 Å². The second kappa shape index (κ2) is 5.87. The molecular weight excluding hydrogens is 260 g/mol. The lowest BCUT2D eigenvalue weighted by Gasteiger charge is -2.33.